The standard InChI is InChI=1S/C17H18N2O4/c1-10-17(2,3)12-8-11(4-5-13(12)18-10)9-16(22)23-19-14(20)6-7-15(19)21/h4-8,20-21H,9H2,1-3H3. The van der Waals surface area contributed by atoms with E-state index >= 15 is 0 Å². The number of rotatable bonds is 3. The van der Waals surface area contributed by atoms with Crippen molar-refractivity contribution in [2.75, 3.05) is 0 Å². The molecule has 0 amide bonds. The summed E-state index contributed by atoms with van der Waals surface area (Å²) in [6.45, 7) is 6.18. The van der Waals surface area contributed by atoms with Crippen molar-refractivity contribution in [1.29, 1.82) is 0 Å². The average Bonchev–Trinajstić information content (AvgIpc) is 2.91. The van der Waals surface area contributed by atoms with Crippen molar-refractivity contribution >= 4 is 17.4 Å². The number of hydrogen-bond acceptors (Lipinski definition) is 5. The summed E-state index contributed by atoms with van der Waals surface area (Å²) in [5.41, 5.74) is 3.66. The molecule has 3 rings (SSSR count). The molecule has 1 aliphatic heterocycles. The molecule has 1 aliphatic rings. The fourth-order valence-electron chi connectivity index (χ4n) is 2.60. The molecule has 120 valence electrons. The lowest BCUT2D eigenvalue weighted by Crippen LogP contribution is -2.23. The Morgan fingerprint density at radius 2 is 1.87 bits per heavy atom. The molecule has 0 aliphatic carbocycles. The lowest BCUT2D eigenvalue weighted by molar-refractivity contribution is -0.144. The minimum Gasteiger partial charge on any atom is -0.492 e. The number of carbonyl (C=O) groups excluding carboxylic acids is 1. The van der Waals surface area contributed by atoms with Crippen molar-refractivity contribution in [3.8, 4) is 11.8 Å². The third-order valence-corrected chi connectivity index (χ3v) is 4.27. The zero-order valence-corrected chi connectivity index (χ0v) is 13.2. The van der Waals surface area contributed by atoms with Crippen LogP contribution in [-0.2, 0) is 16.6 Å². The Labute approximate surface area is 133 Å². The number of aromatic nitrogens is 1. The summed E-state index contributed by atoms with van der Waals surface area (Å²) in [7, 11) is 0. The van der Waals surface area contributed by atoms with Gasteiger partial charge in [0.15, 0.2) is 0 Å². The smallest absolute Gasteiger partial charge is 0.337 e. The van der Waals surface area contributed by atoms with Crippen LogP contribution in [0.3, 0.4) is 0 Å². The van der Waals surface area contributed by atoms with Crippen LogP contribution in [0.4, 0.5) is 5.69 Å². The van der Waals surface area contributed by atoms with E-state index in [0.29, 0.717) is 4.73 Å². The molecule has 23 heavy (non-hydrogen) atoms. The van der Waals surface area contributed by atoms with E-state index in [-0.39, 0.29) is 23.6 Å². The van der Waals surface area contributed by atoms with Crippen LogP contribution in [0.5, 0.6) is 11.8 Å². The number of aromatic hydroxyl groups is 2. The molecule has 0 atom stereocenters. The van der Waals surface area contributed by atoms with E-state index in [1.54, 1.807) is 0 Å². The molecule has 0 saturated heterocycles. The highest BCUT2D eigenvalue weighted by molar-refractivity contribution is 5.99. The zero-order valence-electron chi connectivity index (χ0n) is 13.2. The second-order valence-electron chi connectivity index (χ2n) is 6.16. The average molecular weight is 314 g/mol. The SMILES string of the molecule is CC1=Nc2ccc(CC(=O)On3c(O)ccc3O)cc2C1(C)C. The summed E-state index contributed by atoms with van der Waals surface area (Å²) in [6.07, 6.45) is 0.0272. The van der Waals surface area contributed by atoms with Gasteiger partial charge in [0.1, 0.15) is 0 Å². The lowest BCUT2D eigenvalue weighted by Gasteiger charge is -2.20. The van der Waals surface area contributed by atoms with Crippen LogP contribution < -0.4 is 4.84 Å². The predicted molar refractivity (Wildman–Crippen MR) is 85.3 cm³/mol. The third kappa shape index (κ3) is 2.56. The van der Waals surface area contributed by atoms with Crippen LogP contribution in [-0.4, -0.2) is 26.6 Å². The van der Waals surface area contributed by atoms with Crippen LogP contribution in [0, 0.1) is 0 Å². The normalized spacial score (nSPS) is 15.2. The van der Waals surface area contributed by atoms with E-state index in [4.69, 9.17) is 4.84 Å². The van der Waals surface area contributed by atoms with Gasteiger partial charge in [-0.15, -0.1) is 4.73 Å². The number of nitrogens with zero attached hydrogens (tertiary/aromatic N) is 2. The Hall–Kier alpha value is -2.76. The molecular formula is C17H18N2O4. The largest absolute Gasteiger partial charge is 0.492 e. The number of aliphatic imine (C=N–C) groups is 1. The van der Waals surface area contributed by atoms with Gasteiger partial charge in [0.05, 0.1) is 12.1 Å². The molecule has 0 unspecified atom stereocenters. The van der Waals surface area contributed by atoms with E-state index in [1.807, 2.05) is 25.1 Å². The van der Waals surface area contributed by atoms with Gasteiger partial charge in [0.2, 0.25) is 11.8 Å². The van der Waals surface area contributed by atoms with Crippen molar-refractivity contribution in [3.05, 3.63) is 41.5 Å². The molecule has 0 radical (unpaired) electrons. The van der Waals surface area contributed by atoms with Crippen molar-refractivity contribution in [1.82, 2.24) is 4.73 Å². The van der Waals surface area contributed by atoms with E-state index < -0.39 is 5.97 Å². The molecule has 6 heteroatoms. The Kier molecular flexibility index (Phi) is 3.39. The Bertz CT molecular complexity index is 798. The van der Waals surface area contributed by atoms with Gasteiger partial charge in [-0.1, -0.05) is 26.0 Å². The molecule has 0 fully saturated rings. The van der Waals surface area contributed by atoms with Crippen molar-refractivity contribution in [3.63, 3.8) is 0 Å². The van der Waals surface area contributed by atoms with Gasteiger partial charge in [0.25, 0.3) is 0 Å². The van der Waals surface area contributed by atoms with Gasteiger partial charge in [-0.2, -0.15) is 0 Å². The number of hydrogen-bond donors (Lipinski definition) is 2. The first-order chi connectivity index (χ1) is 10.8. The molecule has 0 spiro atoms. The Balaban J connectivity index is 1.78. The van der Waals surface area contributed by atoms with Crippen molar-refractivity contribution in [2.45, 2.75) is 32.6 Å². The molecule has 1 aromatic carbocycles. The first kappa shape index (κ1) is 15.1. The number of benzene rings is 1. The van der Waals surface area contributed by atoms with Gasteiger partial charge in [-0.3, -0.25) is 4.99 Å². The predicted octanol–water partition coefficient (Wildman–Crippen LogP) is 2.48. The van der Waals surface area contributed by atoms with Gasteiger partial charge in [0, 0.05) is 23.3 Å². The van der Waals surface area contributed by atoms with Gasteiger partial charge < -0.3 is 15.1 Å². The summed E-state index contributed by atoms with van der Waals surface area (Å²) in [4.78, 5) is 21.5. The van der Waals surface area contributed by atoms with Gasteiger partial charge in [-0.05, 0) is 24.1 Å². The first-order valence-corrected chi connectivity index (χ1v) is 7.29. The van der Waals surface area contributed by atoms with E-state index in [2.05, 4.69) is 18.8 Å². The van der Waals surface area contributed by atoms with Crippen LogP contribution in [0.1, 0.15) is 31.9 Å². The fourth-order valence-corrected chi connectivity index (χ4v) is 2.60. The van der Waals surface area contributed by atoms with Crippen LogP contribution in [0.2, 0.25) is 0 Å². The molecule has 2 aromatic rings. The quantitative estimate of drug-likeness (QED) is 0.911. The highest BCUT2D eigenvalue weighted by Crippen LogP contribution is 2.40. The van der Waals surface area contributed by atoms with Gasteiger partial charge >= 0.3 is 5.97 Å². The molecule has 2 heterocycles. The van der Waals surface area contributed by atoms with Crippen LogP contribution >= 0.6 is 0 Å². The zero-order chi connectivity index (χ0) is 16.8. The van der Waals surface area contributed by atoms with Crippen molar-refractivity contribution < 1.29 is 19.8 Å². The minimum atomic E-state index is -0.583. The second-order valence-corrected chi connectivity index (χ2v) is 6.16. The van der Waals surface area contributed by atoms with Crippen LogP contribution in [0.25, 0.3) is 0 Å². The third-order valence-electron chi connectivity index (χ3n) is 4.27. The molecule has 1 aromatic heterocycles. The lowest BCUT2D eigenvalue weighted by atomic mass is 9.81. The highest BCUT2D eigenvalue weighted by atomic mass is 16.7. The topological polar surface area (TPSA) is 84.0 Å². The summed E-state index contributed by atoms with van der Waals surface area (Å²) in [6, 6.07) is 8.14. The minimum absolute atomic E-state index is 0.0272. The van der Waals surface area contributed by atoms with E-state index in [1.165, 1.54) is 12.1 Å². The molecule has 2 N–H and O–H groups in total. The maximum absolute atomic E-state index is 12.0. The maximum Gasteiger partial charge on any atom is 0.337 e. The molecule has 6 nitrogen and oxygen atoms in total. The first-order valence-electron chi connectivity index (χ1n) is 7.29. The molecular weight excluding hydrogens is 296 g/mol. The maximum atomic E-state index is 12.0. The number of fused-ring (bicyclic) bond motifs is 1. The van der Waals surface area contributed by atoms with E-state index in [0.717, 1.165) is 22.5 Å². The summed E-state index contributed by atoms with van der Waals surface area (Å²) in [5, 5.41) is 19.0. The Morgan fingerprint density at radius 1 is 1.22 bits per heavy atom. The fraction of sp³-hybridized carbons (Fsp3) is 0.294. The highest BCUT2D eigenvalue weighted by Gasteiger charge is 2.32. The molecule has 0 saturated carbocycles. The van der Waals surface area contributed by atoms with E-state index in [9.17, 15) is 15.0 Å². The molecule has 0 bridgehead atoms. The summed E-state index contributed by atoms with van der Waals surface area (Å²) >= 11 is 0. The number of carbonyl (C=O) groups is 1. The van der Waals surface area contributed by atoms with Gasteiger partial charge in [-0.25, -0.2) is 4.79 Å². The summed E-state index contributed by atoms with van der Waals surface area (Å²) < 4.78 is 0.687. The monoisotopic (exact) mass is 314 g/mol. The second kappa shape index (κ2) is 5.15. The van der Waals surface area contributed by atoms with Crippen LogP contribution in [0.15, 0.2) is 35.3 Å². The van der Waals surface area contributed by atoms with Crippen molar-refractivity contribution in [2.24, 2.45) is 4.99 Å². The summed E-state index contributed by atoms with van der Waals surface area (Å²) in [5.74, 6) is -1.26. The Morgan fingerprint density at radius 3 is 2.52 bits per heavy atom.